The Kier molecular flexibility index (Phi) is 4.74. The molecule has 2 nitrogen and oxygen atoms in total. The molecule has 0 aliphatic carbocycles. The number of fused-ring (bicyclic) bond motifs is 7. The summed E-state index contributed by atoms with van der Waals surface area (Å²) in [6.45, 7) is 8.93. The van der Waals surface area contributed by atoms with Gasteiger partial charge in [-0.3, -0.25) is 4.57 Å². The highest BCUT2D eigenvalue weighted by Crippen LogP contribution is 2.46. The molecule has 0 saturated carbocycles. The lowest BCUT2D eigenvalue weighted by Gasteiger charge is -2.18. The van der Waals surface area contributed by atoms with Crippen molar-refractivity contribution in [3.63, 3.8) is 0 Å². The van der Waals surface area contributed by atoms with Crippen molar-refractivity contribution < 1.29 is 4.74 Å². The van der Waals surface area contributed by atoms with Crippen molar-refractivity contribution in [1.29, 1.82) is 0 Å². The maximum atomic E-state index is 6.80. The fraction of sp³-hybridized carbons (Fsp3) is 0.200. The molecular weight excluding hydrogens is 458 g/mol. The summed E-state index contributed by atoms with van der Waals surface area (Å²) in [6, 6.07) is 23.9. The van der Waals surface area contributed by atoms with Crippen molar-refractivity contribution in [2.75, 3.05) is 7.11 Å². The van der Waals surface area contributed by atoms with Crippen LogP contribution < -0.4 is 4.74 Å². The van der Waals surface area contributed by atoms with E-state index in [-0.39, 0.29) is 5.41 Å². The van der Waals surface area contributed by atoms with Crippen LogP contribution in [0.4, 0.5) is 0 Å². The summed E-state index contributed by atoms with van der Waals surface area (Å²) >= 11 is 8.64. The van der Waals surface area contributed by atoms with E-state index in [2.05, 4.69) is 86.9 Å². The number of aryl methyl sites for hydroxylation is 1. The highest BCUT2D eigenvalue weighted by Gasteiger charge is 2.23. The van der Waals surface area contributed by atoms with E-state index >= 15 is 0 Å². The average molecular weight is 484 g/mol. The maximum absolute atomic E-state index is 6.80. The number of hydrogen-bond donors (Lipinski definition) is 0. The van der Waals surface area contributed by atoms with Crippen LogP contribution in [0.1, 0.15) is 31.9 Å². The largest absolute Gasteiger partial charge is 0.497 e. The Labute approximate surface area is 208 Å². The Morgan fingerprint density at radius 2 is 1.65 bits per heavy atom. The Morgan fingerprint density at radius 1 is 0.853 bits per heavy atom. The van der Waals surface area contributed by atoms with Crippen molar-refractivity contribution in [3.8, 4) is 11.4 Å². The number of methoxy groups -OCH3 is 1. The number of rotatable bonds is 2. The van der Waals surface area contributed by atoms with Gasteiger partial charge in [0.2, 0.25) is 0 Å². The molecule has 2 heterocycles. The van der Waals surface area contributed by atoms with Crippen LogP contribution in [-0.2, 0) is 5.41 Å². The lowest BCUT2D eigenvalue weighted by Crippen LogP contribution is -2.10. The zero-order valence-corrected chi connectivity index (χ0v) is 21.6. The van der Waals surface area contributed by atoms with Gasteiger partial charge in [-0.1, -0.05) is 56.6 Å². The second kappa shape index (κ2) is 7.49. The summed E-state index contributed by atoms with van der Waals surface area (Å²) in [5, 5.41) is 7.00. The Balaban J connectivity index is 1.87. The van der Waals surface area contributed by atoms with E-state index < -0.39 is 0 Å². The highest BCUT2D eigenvalue weighted by molar-refractivity contribution is 7.25. The molecule has 0 N–H and O–H groups in total. The van der Waals surface area contributed by atoms with Crippen LogP contribution in [-0.4, -0.2) is 11.7 Å². The summed E-state index contributed by atoms with van der Waals surface area (Å²) < 4.78 is 9.25. The molecule has 0 saturated heterocycles. The highest BCUT2D eigenvalue weighted by atomic mass is 35.5. The van der Waals surface area contributed by atoms with Crippen molar-refractivity contribution >= 4 is 64.9 Å². The molecular formula is C30H26ClNOS. The normalized spacial score (nSPS) is 12.4. The number of aromatic nitrogens is 1. The van der Waals surface area contributed by atoms with E-state index in [0.29, 0.717) is 0 Å². The molecule has 0 aliphatic heterocycles. The number of halogens is 1. The Hall–Kier alpha value is -3.01. The SMILES string of the molecule is COc1ccc2ccc3c(c2c1)c1c2cc(C(C)(C)C)ccc2sc1n3-c1cc(C)ccc1Cl. The van der Waals surface area contributed by atoms with Gasteiger partial charge in [-0.15, -0.1) is 11.3 Å². The minimum absolute atomic E-state index is 0.0754. The van der Waals surface area contributed by atoms with Gasteiger partial charge < -0.3 is 4.74 Å². The van der Waals surface area contributed by atoms with E-state index in [0.717, 1.165) is 22.0 Å². The summed E-state index contributed by atoms with van der Waals surface area (Å²) in [5.74, 6) is 0.865. The maximum Gasteiger partial charge on any atom is 0.119 e. The summed E-state index contributed by atoms with van der Waals surface area (Å²) in [4.78, 5) is 1.22. The van der Waals surface area contributed by atoms with Gasteiger partial charge in [-0.25, -0.2) is 0 Å². The second-order valence-electron chi connectivity index (χ2n) is 10.1. The van der Waals surface area contributed by atoms with E-state index in [9.17, 15) is 0 Å². The molecule has 170 valence electrons. The van der Waals surface area contributed by atoms with Gasteiger partial charge in [0, 0.05) is 20.9 Å². The smallest absolute Gasteiger partial charge is 0.119 e. The summed E-state index contributed by atoms with van der Waals surface area (Å²) in [7, 11) is 1.73. The Bertz CT molecular complexity index is 1750. The topological polar surface area (TPSA) is 14.2 Å². The van der Waals surface area contributed by atoms with Crippen LogP contribution in [0.15, 0.2) is 66.7 Å². The number of thiophene rings is 1. The van der Waals surface area contributed by atoms with E-state index in [1.165, 1.54) is 47.6 Å². The van der Waals surface area contributed by atoms with Gasteiger partial charge in [0.15, 0.2) is 0 Å². The summed E-state index contributed by atoms with van der Waals surface area (Å²) in [5.41, 5.74) is 4.79. The number of benzene rings is 4. The number of hydrogen-bond acceptors (Lipinski definition) is 2. The molecule has 0 radical (unpaired) electrons. The molecule has 0 unspecified atom stereocenters. The van der Waals surface area contributed by atoms with Crippen LogP contribution in [0.25, 0.3) is 47.7 Å². The number of nitrogens with zero attached hydrogens (tertiary/aromatic N) is 1. The standard InChI is InChI=1S/C30H26ClNOS/c1-17-6-11-23(31)25(14-17)32-24-12-8-18-7-10-20(33-5)16-21(18)27(24)28-22-15-19(30(2,3)4)9-13-26(22)34-29(28)32/h6-16H,1-5H3. The predicted molar refractivity (Wildman–Crippen MR) is 149 cm³/mol. The molecule has 0 aliphatic rings. The third kappa shape index (κ3) is 3.14. The minimum atomic E-state index is 0.0754. The van der Waals surface area contributed by atoms with Gasteiger partial charge in [0.05, 0.1) is 23.3 Å². The van der Waals surface area contributed by atoms with Gasteiger partial charge in [0.25, 0.3) is 0 Å². The molecule has 0 amide bonds. The lowest BCUT2D eigenvalue weighted by molar-refractivity contribution is 0.415. The molecule has 6 rings (SSSR count). The molecule has 34 heavy (non-hydrogen) atoms. The molecule has 0 fully saturated rings. The predicted octanol–water partition coefficient (Wildman–Crippen LogP) is 9.42. The second-order valence-corrected chi connectivity index (χ2v) is 11.5. The molecule has 0 bridgehead atoms. The van der Waals surface area contributed by atoms with Crippen LogP contribution in [0.5, 0.6) is 5.75 Å². The first-order valence-corrected chi connectivity index (χ1v) is 12.7. The third-order valence-corrected chi connectivity index (χ3v) is 8.25. The fourth-order valence-corrected chi connectivity index (χ4v) is 6.38. The van der Waals surface area contributed by atoms with Crippen LogP contribution in [0.3, 0.4) is 0 Å². The monoisotopic (exact) mass is 483 g/mol. The van der Waals surface area contributed by atoms with Crippen molar-refractivity contribution in [2.24, 2.45) is 0 Å². The minimum Gasteiger partial charge on any atom is -0.497 e. The van der Waals surface area contributed by atoms with Gasteiger partial charge in [-0.05, 0) is 76.7 Å². The van der Waals surface area contributed by atoms with Crippen molar-refractivity contribution in [3.05, 3.63) is 82.9 Å². The summed E-state index contributed by atoms with van der Waals surface area (Å²) in [6.07, 6.45) is 0. The molecule has 4 heteroatoms. The molecule has 2 aromatic heterocycles. The quantitative estimate of drug-likeness (QED) is 0.239. The van der Waals surface area contributed by atoms with Gasteiger partial charge in [-0.2, -0.15) is 0 Å². The van der Waals surface area contributed by atoms with E-state index in [1.54, 1.807) is 7.11 Å². The lowest BCUT2D eigenvalue weighted by atomic mass is 9.86. The zero-order chi connectivity index (χ0) is 23.8. The average Bonchev–Trinajstić information content (AvgIpc) is 3.33. The molecule has 4 aromatic carbocycles. The van der Waals surface area contributed by atoms with Crippen LogP contribution in [0.2, 0.25) is 5.02 Å². The van der Waals surface area contributed by atoms with Crippen molar-refractivity contribution in [2.45, 2.75) is 33.1 Å². The zero-order valence-electron chi connectivity index (χ0n) is 20.0. The molecule has 6 aromatic rings. The number of ether oxygens (including phenoxy) is 1. The van der Waals surface area contributed by atoms with Gasteiger partial charge >= 0.3 is 0 Å². The van der Waals surface area contributed by atoms with Gasteiger partial charge in [0.1, 0.15) is 10.6 Å². The fourth-order valence-electron chi connectivity index (χ4n) is 4.96. The van der Waals surface area contributed by atoms with E-state index in [1.807, 2.05) is 23.5 Å². The first-order valence-electron chi connectivity index (χ1n) is 11.5. The first kappa shape index (κ1) is 21.5. The van der Waals surface area contributed by atoms with Crippen LogP contribution >= 0.6 is 22.9 Å². The van der Waals surface area contributed by atoms with E-state index in [4.69, 9.17) is 16.3 Å². The molecule has 0 spiro atoms. The Morgan fingerprint density at radius 3 is 2.41 bits per heavy atom. The third-order valence-electron chi connectivity index (χ3n) is 6.78. The molecule has 0 atom stereocenters. The first-order chi connectivity index (χ1) is 16.3. The van der Waals surface area contributed by atoms with Crippen molar-refractivity contribution in [1.82, 2.24) is 4.57 Å². The van der Waals surface area contributed by atoms with Crippen LogP contribution in [0, 0.1) is 6.92 Å².